The van der Waals surface area contributed by atoms with Crippen LogP contribution in [0.2, 0.25) is 0 Å². The minimum absolute atomic E-state index is 0.0139. The first kappa shape index (κ1) is 22.1. The maximum atomic E-state index is 13.4. The first-order valence-electron chi connectivity index (χ1n) is 11.0. The lowest BCUT2D eigenvalue weighted by molar-refractivity contribution is -0.133. The van der Waals surface area contributed by atoms with Crippen molar-refractivity contribution < 1.29 is 28.2 Å². The smallest absolute Gasteiger partial charge is 0.387 e. The number of aromatic amines is 1. The molecule has 10 heteroatoms. The fourth-order valence-corrected chi connectivity index (χ4v) is 5.26. The summed E-state index contributed by atoms with van der Waals surface area (Å²) >= 11 is 0. The van der Waals surface area contributed by atoms with Crippen LogP contribution in [0.25, 0.3) is 10.9 Å². The van der Waals surface area contributed by atoms with Crippen LogP contribution in [0.5, 0.6) is 11.5 Å². The molecule has 1 saturated heterocycles. The fraction of sp³-hybridized carbons (Fsp3) is 0.333. The number of rotatable bonds is 6. The highest BCUT2D eigenvalue weighted by Gasteiger charge is 2.59. The van der Waals surface area contributed by atoms with E-state index in [1.165, 1.54) is 17.0 Å². The lowest BCUT2D eigenvalue weighted by atomic mass is 9.81. The molecule has 1 fully saturated rings. The number of nitrogens with zero attached hydrogens (tertiary/aromatic N) is 2. The average molecular weight is 470 g/mol. The number of carbonyl (C=O) groups is 2. The maximum absolute atomic E-state index is 13.4. The third kappa shape index (κ3) is 3.37. The van der Waals surface area contributed by atoms with Gasteiger partial charge in [0.05, 0.1) is 6.04 Å². The zero-order valence-corrected chi connectivity index (χ0v) is 18.4. The molecule has 0 saturated carbocycles. The van der Waals surface area contributed by atoms with E-state index in [1.54, 1.807) is 36.1 Å². The Kier molecular flexibility index (Phi) is 5.20. The van der Waals surface area contributed by atoms with Crippen molar-refractivity contribution >= 4 is 22.8 Å². The van der Waals surface area contributed by atoms with E-state index in [0.717, 1.165) is 16.8 Å². The molecular weight excluding hydrogens is 446 g/mol. The number of phenolic OH excluding ortho intramolecular Hbond substituents is 1. The Balaban J connectivity index is 1.67. The fourth-order valence-electron chi connectivity index (χ4n) is 5.26. The summed E-state index contributed by atoms with van der Waals surface area (Å²) in [5.74, 6) is -0.237. The normalized spacial score (nSPS) is 22.0. The number of aromatic hydroxyl groups is 1. The van der Waals surface area contributed by atoms with Crippen LogP contribution in [0.3, 0.4) is 0 Å². The van der Waals surface area contributed by atoms with E-state index in [1.807, 2.05) is 6.07 Å². The Labute approximate surface area is 193 Å². The van der Waals surface area contributed by atoms with Crippen LogP contribution in [0.15, 0.2) is 42.5 Å². The molecule has 0 spiro atoms. The average Bonchev–Trinajstić information content (AvgIpc) is 3.22. The standard InChI is InChI=1S/C24H24F2N4O4/c1-24-12-17-16-11-15(34-22(25)26)5-6-18(16)28-20(17)19(10-13-3-2-4-14(31)9-13)30(24)23(33)29(8-7-27)21(24)32/h2-6,9,11,19,22,28,31H,7-8,10,12,27H2,1H3/t19?,24-/m0/s1. The Bertz CT molecular complexity index is 1290. The Morgan fingerprint density at radius 1 is 1.26 bits per heavy atom. The number of hydrogen-bond donors (Lipinski definition) is 3. The minimum atomic E-state index is -2.96. The number of benzene rings is 2. The van der Waals surface area contributed by atoms with Gasteiger partial charge in [0.1, 0.15) is 17.0 Å². The summed E-state index contributed by atoms with van der Waals surface area (Å²) in [6, 6.07) is 10.4. The van der Waals surface area contributed by atoms with Crippen LogP contribution in [-0.2, 0) is 17.6 Å². The first-order valence-corrected chi connectivity index (χ1v) is 11.0. The molecule has 2 aromatic carbocycles. The molecule has 2 aliphatic heterocycles. The highest BCUT2D eigenvalue weighted by Crippen LogP contribution is 2.47. The third-order valence-corrected chi connectivity index (χ3v) is 6.67. The SMILES string of the molecule is C[C@@]12Cc3c([nH]c4ccc(OC(F)F)cc34)C(Cc3cccc(O)c3)N1C(=O)N(CCN)C2=O. The Morgan fingerprint density at radius 3 is 2.76 bits per heavy atom. The lowest BCUT2D eigenvalue weighted by Crippen LogP contribution is -2.53. The maximum Gasteiger partial charge on any atom is 0.387 e. The number of fused-ring (bicyclic) bond motifs is 4. The molecule has 4 N–H and O–H groups in total. The Morgan fingerprint density at radius 2 is 2.06 bits per heavy atom. The molecule has 1 unspecified atom stereocenters. The predicted octanol–water partition coefficient (Wildman–Crippen LogP) is 3.30. The molecule has 8 nitrogen and oxygen atoms in total. The number of nitrogens with two attached hydrogens (primary N) is 1. The lowest BCUT2D eigenvalue weighted by Gasteiger charge is -2.42. The van der Waals surface area contributed by atoms with Crippen molar-refractivity contribution in [2.75, 3.05) is 13.1 Å². The van der Waals surface area contributed by atoms with Crippen molar-refractivity contribution in [3.05, 3.63) is 59.3 Å². The van der Waals surface area contributed by atoms with Gasteiger partial charge >= 0.3 is 12.6 Å². The van der Waals surface area contributed by atoms with Gasteiger partial charge in [0, 0.05) is 36.1 Å². The number of H-pyrrole nitrogens is 1. The number of aromatic nitrogens is 1. The van der Waals surface area contributed by atoms with E-state index in [2.05, 4.69) is 9.72 Å². The van der Waals surface area contributed by atoms with Gasteiger partial charge in [-0.3, -0.25) is 9.69 Å². The molecule has 1 aromatic heterocycles. The largest absolute Gasteiger partial charge is 0.508 e. The van der Waals surface area contributed by atoms with E-state index in [-0.39, 0.29) is 36.9 Å². The van der Waals surface area contributed by atoms with Gasteiger partial charge in [-0.2, -0.15) is 8.78 Å². The molecule has 3 aromatic rings. The quantitative estimate of drug-likeness (QED) is 0.479. The van der Waals surface area contributed by atoms with E-state index >= 15 is 0 Å². The van der Waals surface area contributed by atoms with Gasteiger partial charge in [-0.25, -0.2) is 4.79 Å². The summed E-state index contributed by atoms with van der Waals surface area (Å²) < 4.78 is 30.2. The van der Waals surface area contributed by atoms with Crippen LogP contribution < -0.4 is 10.5 Å². The highest BCUT2D eigenvalue weighted by molar-refractivity contribution is 6.08. The number of hydrogen-bond acceptors (Lipinski definition) is 5. The number of amides is 3. The summed E-state index contributed by atoms with van der Waals surface area (Å²) in [7, 11) is 0. The Hall–Kier alpha value is -3.66. The monoisotopic (exact) mass is 470 g/mol. The highest BCUT2D eigenvalue weighted by atomic mass is 19.3. The van der Waals surface area contributed by atoms with Gasteiger partial charge in [0.25, 0.3) is 5.91 Å². The van der Waals surface area contributed by atoms with Crippen LogP contribution >= 0.6 is 0 Å². The predicted molar refractivity (Wildman–Crippen MR) is 120 cm³/mol. The molecule has 5 rings (SSSR count). The summed E-state index contributed by atoms with van der Waals surface area (Å²) in [5.41, 5.74) is 7.45. The molecule has 0 radical (unpaired) electrons. The summed E-state index contributed by atoms with van der Waals surface area (Å²) in [6.45, 7) is -0.997. The van der Waals surface area contributed by atoms with Crippen molar-refractivity contribution in [2.45, 2.75) is 38.0 Å². The number of imide groups is 1. The number of urea groups is 1. The van der Waals surface area contributed by atoms with Crippen LogP contribution in [0, 0.1) is 0 Å². The van der Waals surface area contributed by atoms with Crippen molar-refractivity contribution in [3.8, 4) is 11.5 Å². The van der Waals surface area contributed by atoms with Gasteiger partial charge in [-0.1, -0.05) is 12.1 Å². The third-order valence-electron chi connectivity index (χ3n) is 6.67. The van der Waals surface area contributed by atoms with Gasteiger partial charge in [0.2, 0.25) is 0 Å². The van der Waals surface area contributed by atoms with Gasteiger partial charge in [-0.05, 0) is 54.8 Å². The molecule has 0 aliphatic carbocycles. The van der Waals surface area contributed by atoms with Gasteiger partial charge in [0.15, 0.2) is 0 Å². The van der Waals surface area contributed by atoms with Gasteiger partial charge in [-0.15, -0.1) is 0 Å². The molecule has 2 atom stereocenters. The van der Waals surface area contributed by atoms with Crippen molar-refractivity contribution in [2.24, 2.45) is 5.73 Å². The van der Waals surface area contributed by atoms with Gasteiger partial charge < -0.3 is 25.5 Å². The summed E-state index contributed by atoms with van der Waals surface area (Å²) in [6.07, 6.45) is 0.544. The second-order valence-corrected chi connectivity index (χ2v) is 8.84. The molecule has 2 aliphatic rings. The first-order chi connectivity index (χ1) is 16.2. The van der Waals surface area contributed by atoms with Crippen LogP contribution in [-0.4, -0.2) is 57.1 Å². The summed E-state index contributed by atoms with van der Waals surface area (Å²) in [5, 5.41) is 10.6. The molecule has 0 bridgehead atoms. The molecule has 3 amide bonds. The number of phenols is 1. The molecular formula is C24H24F2N4O4. The zero-order chi connectivity index (χ0) is 24.2. The molecule has 178 valence electrons. The van der Waals surface area contributed by atoms with E-state index in [0.29, 0.717) is 17.3 Å². The number of halogens is 2. The second-order valence-electron chi connectivity index (χ2n) is 8.84. The van der Waals surface area contributed by atoms with Crippen molar-refractivity contribution in [1.29, 1.82) is 0 Å². The molecule has 34 heavy (non-hydrogen) atoms. The van der Waals surface area contributed by atoms with Crippen LogP contribution in [0.1, 0.15) is 29.8 Å². The summed E-state index contributed by atoms with van der Waals surface area (Å²) in [4.78, 5) is 33.0. The second kappa shape index (κ2) is 7.98. The van der Waals surface area contributed by atoms with Crippen LogP contribution in [0.4, 0.5) is 13.6 Å². The number of nitrogens with one attached hydrogen (secondary N) is 1. The van der Waals surface area contributed by atoms with Crippen molar-refractivity contribution in [1.82, 2.24) is 14.8 Å². The zero-order valence-electron chi connectivity index (χ0n) is 18.4. The minimum Gasteiger partial charge on any atom is -0.508 e. The van der Waals surface area contributed by atoms with E-state index in [9.17, 15) is 23.5 Å². The number of ether oxygens (including phenoxy) is 1. The van der Waals surface area contributed by atoms with Crippen molar-refractivity contribution in [3.63, 3.8) is 0 Å². The topological polar surface area (TPSA) is 112 Å². The number of carbonyl (C=O) groups excluding carboxylic acids is 2. The van der Waals surface area contributed by atoms with E-state index < -0.39 is 24.2 Å². The number of alkyl halides is 2. The van der Waals surface area contributed by atoms with E-state index in [4.69, 9.17) is 5.73 Å². The molecule has 3 heterocycles.